The lowest BCUT2D eigenvalue weighted by atomic mass is 10.2. The van der Waals surface area contributed by atoms with Crippen LogP contribution in [0.25, 0.3) is 0 Å². The average Bonchev–Trinajstić information content (AvgIpc) is 1.69. The molecule has 1 aliphatic rings. The Labute approximate surface area is 43.4 Å². The van der Waals surface area contributed by atoms with Gasteiger partial charge in [-0.15, -0.1) is 0 Å². The molecule has 7 heavy (non-hydrogen) atoms. The Bertz CT molecular complexity index is 48.0. The van der Waals surface area contributed by atoms with Crippen molar-refractivity contribution in [2.24, 2.45) is 5.92 Å². The Morgan fingerprint density at radius 2 is 2.00 bits per heavy atom. The van der Waals surface area contributed by atoms with Crippen LogP contribution in [0.4, 0.5) is 0 Å². The summed E-state index contributed by atoms with van der Waals surface area (Å²) >= 11 is 0. The third kappa shape index (κ3) is 1.45. The molecule has 2 heteroatoms. The van der Waals surface area contributed by atoms with E-state index in [1.807, 2.05) is 0 Å². The summed E-state index contributed by atoms with van der Waals surface area (Å²) in [6.07, 6.45) is 0. The van der Waals surface area contributed by atoms with Crippen LogP contribution in [0.2, 0.25) is 0 Å². The van der Waals surface area contributed by atoms with E-state index in [4.69, 9.17) is 9.47 Å². The molecule has 0 aromatic carbocycles. The van der Waals surface area contributed by atoms with Crippen LogP contribution < -0.4 is 0 Å². The molecule has 2 nitrogen and oxygen atoms in total. The number of hydrogen-bond donors (Lipinski definition) is 0. The van der Waals surface area contributed by atoms with Crippen LogP contribution in [0.15, 0.2) is 0 Å². The van der Waals surface area contributed by atoms with Gasteiger partial charge >= 0.3 is 0 Å². The third-order valence-corrected chi connectivity index (χ3v) is 0.898. The van der Waals surface area contributed by atoms with Crippen LogP contribution in [-0.2, 0) is 9.47 Å². The molecule has 0 saturated carbocycles. The molecule has 0 aliphatic carbocycles. The van der Waals surface area contributed by atoms with E-state index in [0.717, 1.165) is 13.2 Å². The predicted octanol–water partition coefficient (Wildman–Crippen LogP) is 0.789. The molecule has 0 atom stereocenters. The first-order chi connectivity index (χ1) is 3.39. The summed E-state index contributed by atoms with van der Waals surface area (Å²) in [6.45, 7) is 5.10. The van der Waals surface area contributed by atoms with Gasteiger partial charge in [0.05, 0.1) is 13.2 Å². The number of hydrogen-bond acceptors (Lipinski definition) is 2. The van der Waals surface area contributed by atoms with Gasteiger partial charge in [-0.1, -0.05) is 6.92 Å². The van der Waals surface area contributed by atoms with Gasteiger partial charge in [0, 0.05) is 5.92 Å². The van der Waals surface area contributed by atoms with Gasteiger partial charge in [0.2, 0.25) is 6.79 Å². The highest BCUT2D eigenvalue weighted by molar-refractivity contribution is 4.53. The van der Waals surface area contributed by atoms with Crippen LogP contribution in [0.1, 0.15) is 6.92 Å². The summed E-state index contributed by atoms with van der Waals surface area (Å²) in [7, 11) is 0. The van der Waals surface area contributed by atoms with E-state index in [9.17, 15) is 0 Å². The summed E-state index contributed by atoms with van der Waals surface area (Å²) in [5, 5.41) is 0. The molecular formula is C5H9O2. The molecule has 41 valence electrons. The van der Waals surface area contributed by atoms with E-state index in [-0.39, 0.29) is 0 Å². The minimum atomic E-state index is 0.560. The fraction of sp³-hybridized carbons (Fsp3) is 0.800. The second-order valence-corrected chi connectivity index (χ2v) is 1.87. The molecule has 1 aliphatic heterocycles. The lowest BCUT2D eigenvalue weighted by Crippen LogP contribution is -2.17. The van der Waals surface area contributed by atoms with Crippen molar-refractivity contribution in [3.63, 3.8) is 0 Å². The topological polar surface area (TPSA) is 18.5 Å². The average molecular weight is 101 g/mol. The zero-order valence-corrected chi connectivity index (χ0v) is 4.39. The van der Waals surface area contributed by atoms with Gasteiger partial charge in [-0.2, -0.15) is 0 Å². The van der Waals surface area contributed by atoms with Crippen molar-refractivity contribution in [3.8, 4) is 0 Å². The minimum absolute atomic E-state index is 0.560. The highest BCUT2D eigenvalue weighted by Crippen LogP contribution is 2.04. The number of ether oxygens (including phenoxy) is 2. The normalized spacial score (nSPS) is 25.3. The molecule has 1 radical (unpaired) electrons. The van der Waals surface area contributed by atoms with E-state index in [0.29, 0.717) is 5.92 Å². The summed E-state index contributed by atoms with van der Waals surface area (Å²) in [5.74, 6) is 0.560. The van der Waals surface area contributed by atoms with Gasteiger partial charge in [-0.3, -0.25) is 0 Å². The van der Waals surface area contributed by atoms with Gasteiger partial charge in [-0.05, 0) is 0 Å². The third-order valence-electron chi connectivity index (χ3n) is 0.898. The monoisotopic (exact) mass is 101 g/mol. The number of rotatable bonds is 0. The lowest BCUT2D eigenvalue weighted by molar-refractivity contribution is -0.0576. The Balaban J connectivity index is 2.12. The summed E-state index contributed by atoms with van der Waals surface area (Å²) in [6, 6.07) is 0. The van der Waals surface area contributed by atoms with E-state index in [2.05, 4.69) is 6.92 Å². The van der Waals surface area contributed by atoms with E-state index in [1.165, 1.54) is 6.79 Å². The zero-order valence-electron chi connectivity index (χ0n) is 4.39. The van der Waals surface area contributed by atoms with E-state index < -0.39 is 0 Å². The Morgan fingerprint density at radius 1 is 1.43 bits per heavy atom. The Hall–Kier alpha value is -0.0800. The molecule has 0 unspecified atom stereocenters. The zero-order chi connectivity index (χ0) is 5.11. The molecule has 0 N–H and O–H groups in total. The Kier molecular flexibility index (Phi) is 1.65. The van der Waals surface area contributed by atoms with Crippen molar-refractivity contribution in [3.05, 3.63) is 6.79 Å². The van der Waals surface area contributed by atoms with Crippen LogP contribution in [0.3, 0.4) is 0 Å². The van der Waals surface area contributed by atoms with Gasteiger partial charge in [0.25, 0.3) is 0 Å². The predicted molar refractivity (Wildman–Crippen MR) is 25.4 cm³/mol. The molecule has 0 amide bonds. The summed E-state index contributed by atoms with van der Waals surface area (Å²) in [5.41, 5.74) is 0. The maximum atomic E-state index is 4.83. The maximum absolute atomic E-state index is 4.83. The molecule has 0 aromatic rings. The fourth-order valence-corrected chi connectivity index (χ4v) is 0.503. The van der Waals surface area contributed by atoms with E-state index in [1.54, 1.807) is 0 Å². The Morgan fingerprint density at radius 3 is 2.29 bits per heavy atom. The molecular weight excluding hydrogens is 92.1 g/mol. The van der Waals surface area contributed by atoms with Crippen molar-refractivity contribution in [1.82, 2.24) is 0 Å². The van der Waals surface area contributed by atoms with Crippen molar-refractivity contribution >= 4 is 0 Å². The minimum Gasteiger partial charge on any atom is -0.348 e. The second kappa shape index (κ2) is 2.28. The lowest BCUT2D eigenvalue weighted by Gasteiger charge is -2.16. The van der Waals surface area contributed by atoms with E-state index >= 15 is 0 Å². The fourth-order valence-electron chi connectivity index (χ4n) is 0.503. The SMILES string of the molecule is CC1CO[CH]OC1. The molecule has 1 saturated heterocycles. The summed E-state index contributed by atoms with van der Waals surface area (Å²) < 4.78 is 9.67. The van der Waals surface area contributed by atoms with Crippen molar-refractivity contribution in [1.29, 1.82) is 0 Å². The van der Waals surface area contributed by atoms with Gasteiger partial charge < -0.3 is 9.47 Å². The maximum Gasteiger partial charge on any atom is 0.209 e. The van der Waals surface area contributed by atoms with Crippen LogP contribution in [0, 0.1) is 12.7 Å². The molecule has 0 bridgehead atoms. The highest BCUT2D eigenvalue weighted by Gasteiger charge is 2.07. The molecule has 1 heterocycles. The van der Waals surface area contributed by atoms with Crippen LogP contribution >= 0.6 is 0 Å². The smallest absolute Gasteiger partial charge is 0.209 e. The van der Waals surface area contributed by atoms with Crippen molar-refractivity contribution in [2.45, 2.75) is 6.92 Å². The standard InChI is InChI=1S/C5H9O2/c1-5-2-6-4-7-3-5/h4-5H,2-3H2,1H3. The first-order valence-electron chi connectivity index (χ1n) is 2.44. The van der Waals surface area contributed by atoms with Crippen molar-refractivity contribution in [2.75, 3.05) is 13.2 Å². The molecule has 1 rings (SSSR count). The molecule has 0 aromatic heterocycles. The van der Waals surface area contributed by atoms with Gasteiger partial charge in [0.1, 0.15) is 0 Å². The van der Waals surface area contributed by atoms with Crippen LogP contribution in [0.5, 0.6) is 0 Å². The molecule has 0 spiro atoms. The molecule has 1 fully saturated rings. The van der Waals surface area contributed by atoms with Crippen LogP contribution in [-0.4, -0.2) is 13.2 Å². The van der Waals surface area contributed by atoms with Gasteiger partial charge in [0.15, 0.2) is 0 Å². The second-order valence-electron chi connectivity index (χ2n) is 1.87. The highest BCUT2D eigenvalue weighted by atomic mass is 16.7. The quantitative estimate of drug-likeness (QED) is 0.449. The van der Waals surface area contributed by atoms with Crippen molar-refractivity contribution < 1.29 is 9.47 Å². The first kappa shape index (κ1) is 5.06. The first-order valence-corrected chi connectivity index (χ1v) is 2.44. The largest absolute Gasteiger partial charge is 0.348 e. The summed E-state index contributed by atoms with van der Waals surface area (Å²) in [4.78, 5) is 0. The van der Waals surface area contributed by atoms with Gasteiger partial charge in [-0.25, -0.2) is 0 Å².